The molecule has 1 aromatic carbocycles. The van der Waals surface area contributed by atoms with Crippen LogP contribution in [-0.4, -0.2) is 15.6 Å². The molecule has 1 aromatic heterocycles. The van der Waals surface area contributed by atoms with Crippen molar-refractivity contribution in [2.24, 2.45) is 0 Å². The Morgan fingerprint density at radius 1 is 0.952 bits per heavy atom. The molecule has 0 aliphatic rings. The van der Waals surface area contributed by atoms with Crippen LogP contribution >= 0.6 is 34.9 Å². The van der Waals surface area contributed by atoms with E-state index in [1.165, 1.54) is 9.79 Å². The van der Waals surface area contributed by atoms with Crippen LogP contribution in [0, 0.1) is 0 Å². The molecule has 4 heteroatoms. The summed E-state index contributed by atoms with van der Waals surface area (Å²) < 4.78 is 0. The van der Waals surface area contributed by atoms with E-state index in [0.717, 1.165) is 10.4 Å². The van der Waals surface area contributed by atoms with E-state index in [4.69, 9.17) is 0 Å². The van der Waals surface area contributed by atoms with E-state index >= 15 is 0 Å². The first-order valence-corrected chi connectivity index (χ1v) is 9.80. The van der Waals surface area contributed by atoms with E-state index in [2.05, 4.69) is 45.9 Å². The van der Waals surface area contributed by atoms with E-state index in [9.17, 15) is 5.11 Å². The van der Waals surface area contributed by atoms with E-state index in [1.54, 1.807) is 11.3 Å². The van der Waals surface area contributed by atoms with Crippen molar-refractivity contribution in [2.45, 2.75) is 54.1 Å². The zero-order chi connectivity index (χ0) is 15.4. The quantitative estimate of drug-likeness (QED) is 0.669. The van der Waals surface area contributed by atoms with Crippen molar-refractivity contribution < 1.29 is 5.11 Å². The highest BCUT2D eigenvalue weighted by atomic mass is 32.2. The summed E-state index contributed by atoms with van der Waals surface area (Å²) in [7, 11) is 0. The molecule has 114 valence electrons. The summed E-state index contributed by atoms with van der Waals surface area (Å²) >= 11 is 5.32. The summed E-state index contributed by atoms with van der Waals surface area (Å²) in [5.74, 6) is 0. The van der Waals surface area contributed by atoms with Crippen LogP contribution in [0.5, 0.6) is 0 Å². The predicted molar refractivity (Wildman–Crippen MR) is 96.8 cm³/mol. The first kappa shape index (κ1) is 16.9. The average molecular weight is 339 g/mol. The highest BCUT2D eigenvalue weighted by molar-refractivity contribution is 8.02. The van der Waals surface area contributed by atoms with Crippen molar-refractivity contribution in [3.05, 3.63) is 46.2 Å². The molecule has 2 rings (SSSR count). The smallest absolute Gasteiger partial charge is 0.114 e. The highest BCUT2D eigenvalue weighted by Crippen LogP contribution is 2.41. The molecular formula is C17H22OS3. The third kappa shape index (κ3) is 4.52. The molecule has 1 N–H and O–H groups in total. The number of benzene rings is 1. The molecule has 0 amide bonds. The summed E-state index contributed by atoms with van der Waals surface area (Å²) in [5.41, 5.74) is 1.03. The third-order valence-corrected chi connectivity index (χ3v) is 6.12. The molecule has 0 spiro atoms. The van der Waals surface area contributed by atoms with Gasteiger partial charge in [-0.1, -0.05) is 45.9 Å². The van der Waals surface area contributed by atoms with Crippen LogP contribution in [0.2, 0.25) is 0 Å². The van der Waals surface area contributed by atoms with Gasteiger partial charge in [0, 0.05) is 30.7 Å². The zero-order valence-electron chi connectivity index (χ0n) is 12.9. The lowest BCUT2D eigenvalue weighted by Crippen LogP contribution is -2.03. The fourth-order valence-corrected chi connectivity index (χ4v) is 4.93. The van der Waals surface area contributed by atoms with Gasteiger partial charge in [0.05, 0.1) is 0 Å². The van der Waals surface area contributed by atoms with Gasteiger partial charge >= 0.3 is 0 Å². The van der Waals surface area contributed by atoms with Gasteiger partial charge in [0.15, 0.2) is 0 Å². The molecule has 0 bridgehead atoms. The molecule has 21 heavy (non-hydrogen) atoms. The Balaban J connectivity index is 2.43. The van der Waals surface area contributed by atoms with Gasteiger partial charge in [-0.25, -0.2) is 0 Å². The second-order valence-corrected chi connectivity index (χ2v) is 9.61. The molecule has 1 nitrogen and oxygen atoms in total. The van der Waals surface area contributed by atoms with Gasteiger partial charge in [-0.05, 0) is 17.5 Å². The number of thiophene rings is 1. The second kappa shape index (κ2) is 7.73. The molecule has 1 unspecified atom stereocenters. The van der Waals surface area contributed by atoms with Crippen LogP contribution in [0.3, 0.4) is 0 Å². The minimum atomic E-state index is -0.529. The second-order valence-electron chi connectivity index (χ2n) is 5.43. The summed E-state index contributed by atoms with van der Waals surface area (Å²) in [6, 6.07) is 10.3. The fourth-order valence-electron chi connectivity index (χ4n) is 2.06. The van der Waals surface area contributed by atoms with E-state index < -0.39 is 6.10 Å². The number of hydrogen-bond donors (Lipinski definition) is 1. The maximum Gasteiger partial charge on any atom is 0.114 e. The molecule has 1 heterocycles. The number of hydrogen-bond acceptors (Lipinski definition) is 4. The average Bonchev–Trinajstić information content (AvgIpc) is 2.92. The van der Waals surface area contributed by atoms with Crippen molar-refractivity contribution in [2.75, 3.05) is 0 Å². The van der Waals surface area contributed by atoms with Crippen LogP contribution in [0.4, 0.5) is 0 Å². The van der Waals surface area contributed by atoms with Gasteiger partial charge in [-0.3, -0.25) is 0 Å². The van der Waals surface area contributed by atoms with Crippen molar-refractivity contribution in [3.8, 4) is 0 Å². The minimum Gasteiger partial charge on any atom is -0.383 e. The Bertz CT molecular complexity index is 561. The maximum atomic E-state index is 10.7. The van der Waals surface area contributed by atoms with Crippen molar-refractivity contribution >= 4 is 34.9 Å². The van der Waals surface area contributed by atoms with Crippen LogP contribution in [0.1, 0.15) is 44.2 Å². The summed E-state index contributed by atoms with van der Waals surface area (Å²) in [4.78, 5) is 3.51. The fraction of sp³-hybridized carbons (Fsp3) is 0.412. The van der Waals surface area contributed by atoms with Crippen LogP contribution in [0.25, 0.3) is 0 Å². The van der Waals surface area contributed by atoms with Crippen molar-refractivity contribution in [1.82, 2.24) is 0 Å². The molecule has 0 aliphatic carbocycles. The largest absolute Gasteiger partial charge is 0.383 e. The molecule has 2 aromatic rings. The van der Waals surface area contributed by atoms with Gasteiger partial charge in [-0.2, -0.15) is 0 Å². The van der Waals surface area contributed by atoms with Crippen molar-refractivity contribution in [1.29, 1.82) is 0 Å². The molecule has 1 atom stereocenters. The number of thioether (sulfide) groups is 2. The van der Waals surface area contributed by atoms with Gasteiger partial charge in [0.2, 0.25) is 0 Å². The topological polar surface area (TPSA) is 20.2 Å². The number of aliphatic hydroxyl groups excluding tert-OH is 1. The normalized spacial score (nSPS) is 13.1. The van der Waals surface area contributed by atoms with Gasteiger partial charge in [0.25, 0.3) is 0 Å². The minimum absolute atomic E-state index is 0.494. The van der Waals surface area contributed by atoms with Crippen LogP contribution in [0.15, 0.2) is 45.5 Å². The standard InChI is InChI=1S/C17H22OS3/c1-11(2)20-15-8-5-7-13(17(15)21-12(3)4)16(18)14-9-6-10-19-14/h5-12,16,18H,1-4H3. The van der Waals surface area contributed by atoms with E-state index in [0.29, 0.717) is 10.5 Å². The van der Waals surface area contributed by atoms with Gasteiger partial charge in [0.1, 0.15) is 6.10 Å². The zero-order valence-corrected chi connectivity index (χ0v) is 15.3. The summed E-state index contributed by atoms with van der Waals surface area (Å²) in [5, 5.41) is 13.8. The molecule has 0 saturated carbocycles. The molecule has 0 saturated heterocycles. The lowest BCUT2D eigenvalue weighted by molar-refractivity contribution is 0.220. The van der Waals surface area contributed by atoms with Crippen LogP contribution < -0.4 is 0 Å². The van der Waals surface area contributed by atoms with Gasteiger partial charge in [-0.15, -0.1) is 34.9 Å². The van der Waals surface area contributed by atoms with Crippen molar-refractivity contribution in [3.63, 3.8) is 0 Å². The van der Waals surface area contributed by atoms with E-state index in [1.807, 2.05) is 41.0 Å². The van der Waals surface area contributed by atoms with E-state index in [-0.39, 0.29) is 0 Å². The lowest BCUT2D eigenvalue weighted by atomic mass is 10.1. The molecule has 0 radical (unpaired) electrons. The Kier molecular flexibility index (Phi) is 6.23. The molecular weight excluding hydrogens is 316 g/mol. The number of rotatable bonds is 6. The SMILES string of the molecule is CC(C)Sc1cccc(C(O)c2cccs2)c1SC(C)C. The summed E-state index contributed by atoms with van der Waals surface area (Å²) in [6.07, 6.45) is -0.529. The predicted octanol–water partition coefficient (Wildman–Crippen LogP) is 5.83. The Labute approximate surface area is 140 Å². The third-order valence-electron chi connectivity index (χ3n) is 2.83. The summed E-state index contributed by atoms with van der Waals surface area (Å²) in [6.45, 7) is 8.80. The first-order valence-electron chi connectivity index (χ1n) is 7.16. The van der Waals surface area contributed by atoms with Crippen LogP contribution in [-0.2, 0) is 0 Å². The molecule has 0 fully saturated rings. The molecule has 0 aliphatic heterocycles. The lowest BCUT2D eigenvalue weighted by Gasteiger charge is -2.20. The first-order chi connectivity index (χ1) is 9.99. The highest BCUT2D eigenvalue weighted by Gasteiger charge is 2.20. The number of aliphatic hydroxyl groups is 1. The Hall–Kier alpha value is -0.420. The maximum absolute atomic E-state index is 10.7. The monoisotopic (exact) mass is 338 g/mol. The Morgan fingerprint density at radius 3 is 2.24 bits per heavy atom. The van der Waals surface area contributed by atoms with Gasteiger partial charge < -0.3 is 5.11 Å². The Morgan fingerprint density at radius 2 is 1.67 bits per heavy atom.